The summed E-state index contributed by atoms with van der Waals surface area (Å²) in [5.74, 6) is 0. The molecule has 0 rings (SSSR count). The molecule has 7 nitrogen and oxygen atoms in total. The van der Waals surface area contributed by atoms with Crippen LogP contribution in [0.3, 0.4) is 0 Å². The summed E-state index contributed by atoms with van der Waals surface area (Å²) < 4.78 is 0. The third-order valence-corrected chi connectivity index (χ3v) is 0. The maximum Gasteiger partial charge on any atom is 4.00 e. The van der Waals surface area contributed by atoms with Gasteiger partial charge in [0.1, 0.15) is 0 Å². The van der Waals surface area contributed by atoms with Crippen molar-refractivity contribution >= 4 is 17.4 Å². The molecule has 0 aromatic heterocycles. The molecule has 0 aromatic carbocycles. The molecule has 11 heavy (non-hydrogen) atoms. The van der Waals surface area contributed by atoms with Crippen LogP contribution in [0.1, 0.15) is 0 Å². The van der Waals surface area contributed by atoms with E-state index >= 15 is 0 Å². The van der Waals surface area contributed by atoms with E-state index in [0.717, 1.165) is 0 Å². The Morgan fingerprint density at radius 2 is 0.455 bits per heavy atom. The maximum atomic E-state index is 0. The van der Waals surface area contributed by atoms with Gasteiger partial charge in [0.15, 0.2) is 0 Å². The van der Waals surface area contributed by atoms with E-state index in [-0.39, 0.29) is 136 Å². The van der Waals surface area contributed by atoms with Crippen molar-refractivity contribution in [3.8, 4) is 0 Å². The third kappa shape index (κ3) is 178. The van der Waals surface area contributed by atoms with Crippen LogP contribution in [0, 0.1) is 0 Å². The second kappa shape index (κ2) is 212. The fourth-order valence-corrected chi connectivity index (χ4v) is 0. The standard InChI is InChI=1S/Al.7O.Ti.Y.Zr/q+3;7*-2;+4;+3;+4. The summed E-state index contributed by atoms with van der Waals surface area (Å²) in [5.41, 5.74) is 0. The van der Waals surface area contributed by atoms with Crippen LogP contribution < -0.4 is 0 Å². The van der Waals surface area contributed by atoms with Gasteiger partial charge in [-0.25, -0.2) is 0 Å². The van der Waals surface area contributed by atoms with Crippen molar-refractivity contribution in [1.29, 1.82) is 0 Å². The van der Waals surface area contributed by atoms with Crippen LogP contribution in [-0.2, 0) is 119 Å². The van der Waals surface area contributed by atoms with E-state index in [0.29, 0.717) is 0 Å². The summed E-state index contributed by atoms with van der Waals surface area (Å²) in [6, 6.07) is 0. The molecule has 0 aromatic rings. The molecule has 0 bridgehead atoms. The Bertz CT molecular complexity index is 18.4. The van der Waals surface area contributed by atoms with Crippen LogP contribution in [0.25, 0.3) is 0 Å². The molecule has 0 radical (unpaired) electrons. The molecule has 0 fully saturated rings. The molecule has 0 unspecified atom stereocenters. The minimum atomic E-state index is 0. The van der Waals surface area contributed by atoms with E-state index in [4.69, 9.17) is 0 Å². The average molecular weight is 367 g/mol. The van der Waals surface area contributed by atoms with Crippen molar-refractivity contribution in [3.63, 3.8) is 0 Å². The van der Waals surface area contributed by atoms with Crippen molar-refractivity contribution in [2.24, 2.45) is 0 Å². The van der Waals surface area contributed by atoms with Gasteiger partial charge in [-0.1, -0.05) is 0 Å². The smallest absolute Gasteiger partial charge is 2.00 e. The van der Waals surface area contributed by atoms with Gasteiger partial charge in [0.25, 0.3) is 0 Å². The summed E-state index contributed by atoms with van der Waals surface area (Å²) in [7, 11) is 0. The molecule has 56 valence electrons. The molecule has 0 atom stereocenters. The molecular formula is AlO7TiYZr. The van der Waals surface area contributed by atoms with Gasteiger partial charge < -0.3 is 38.3 Å². The number of rotatable bonds is 0. The van der Waals surface area contributed by atoms with Crippen LogP contribution in [0.4, 0.5) is 0 Å². The van der Waals surface area contributed by atoms with E-state index in [1.807, 2.05) is 0 Å². The van der Waals surface area contributed by atoms with Gasteiger partial charge in [0, 0.05) is 0 Å². The van der Waals surface area contributed by atoms with E-state index in [1.54, 1.807) is 0 Å². The molecule has 0 spiro atoms. The van der Waals surface area contributed by atoms with E-state index in [9.17, 15) is 0 Å². The van der Waals surface area contributed by atoms with Crippen molar-refractivity contribution in [2.75, 3.05) is 0 Å². The largest absolute Gasteiger partial charge is 4.00 e. The second-order valence-electron chi connectivity index (χ2n) is 0. The minimum Gasteiger partial charge on any atom is -2.00 e. The van der Waals surface area contributed by atoms with E-state index in [1.165, 1.54) is 0 Å². The maximum absolute atomic E-state index is 0. The van der Waals surface area contributed by atoms with Gasteiger partial charge >= 0.3 is 98.0 Å². The van der Waals surface area contributed by atoms with Crippen molar-refractivity contribution in [2.45, 2.75) is 0 Å². The quantitative estimate of drug-likeness (QED) is 0.463. The Morgan fingerprint density at radius 3 is 0.455 bits per heavy atom. The first-order valence-corrected chi connectivity index (χ1v) is 0. The fraction of sp³-hybridized carbons (Fsp3) is 0. The Kier molecular flexibility index (Phi) is 5180. The Labute approximate surface area is 134 Å². The predicted octanol–water partition coefficient (Wildman–Crippen LogP) is -1.22. The first kappa shape index (κ1) is 268. The minimum absolute atomic E-state index is 0. The van der Waals surface area contributed by atoms with Crippen molar-refractivity contribution in [3.05, 3.63) is 0 Å². The fourth-order valence-electron chi connectivity index (χ4n) is 0. The summed E-state index contributed by atoms with van der Waals surface area (Å²) in [6.07, 6.45) is 0. The average Bonchev–Trinajstić information content (AvgIpc) is 0. The first-order valence-electron chi connectivity index (χ1n) is 0. The molecular weight excluding hydrogens is 367 g/mol. The predicted molar refractivity (Wildman–Crippen MR) is 10.6 cm³/mol. The molecule has 0 aliphatic rings. The summed E-state index contributed by atoms with van der Waals surface area (Å²) in [6.45, 7) is 0. The van der Waals surface area contributed by atoms with Crippen LogP contribution >= 0.6 is 0 Å². The summed E-state index contributed by atoms with van der Waals surface area (Å²) >= 11 is 0. The molecule has 0 amide bonds. The first-order chi connectivity index (χ1) is 0. The zero-order valence-electron chi connectivity index (χ0n) is 5.01. The topological polar surface area (TPSA) is 200 Å². The van der Waals surface area contributed by atoms with Gasteiger partial charge in [-0.05, 0) is 0 Å². The zero-order valence-corrected chi connectivity index (χ0v) is 13.0. The second-order valence-corrected chi connectivity index (χ2v) is 0. The molecule has 0 heterocycles. The van der Waals surface area contributed by atoms with E-state index in [2.05, 4.69) is 0 Å². The molecule has 0 saturated heterocycles. The van der Waals surface area contributed by atoms with Gasteiger partial charge in [-0.2, -0.15) is 0 Å². The summed E-state index contributed by atoms with van der Waals surface area (Å²) in [5, 5.41) is 0. The van der Waals surface area contributed by atoms with Gasteiger partial charge in [0.05, 0.1) is 0 Å². The Balaban J connectivity index is 0. The number of hydrogen-bond acceptors (Lipinski definition) is 0. The molecule has 0 aliphatic heterocycles. The zero-order chi connectivity index (χ0) is 0. The summed E-state index contributed by atoms with van der Waals surface area (Å²) in [4.78, 5) is 0. The molecule has 11 heteroatoms. The molecule has 0 aliphatic carbocycles. The van der Waals surface area contributed by atoms with Crippen LogP contribution in [0.15, 0.2) is 0 Å². The third-order valence-electron chi connectivity index (χ3n) is 0. The molecule has 0 N–H and O–H groups in total. The van der Waals surface area contributed by atoms with Gasteiger partial charge in [-0.15, -0.1) is 0 Å². The van der Waals surface area contributed by atoms with Crippen molar-refractivity contribution in [1.82, 2.24) is 0 Å². The van der Waals surface area contributed by atoms with E-state index < -0.39 is 0 Å². The van der Waals surface area contributed by atoms with Crippen LogP contribution in [-0.4, -0.2) is 17.4 Å². The van der Waals surface area contributed by atoms with Gasteiger partial charge in [-0.3, -0.25) is 0 Å². The van der Waals surface area contributed by atoms with Gasteiger partial charge in [0.2, 0.25) is 0 Å². The van der Waals surface area contributed by atoms with Crippen LogP contribution in [0.5, 0.6) is 0 Å². The number of hydrogen-bond donors (Lipinski definition) is 0. The Hall–Kier alpha value is 2.95. The van der Waals surface area contributed by atoms with Crippen molar-refractivity contribution < 1.29 is 119 Å². The molecule has 0 saturated carbocycles. The Morgan fingerprint density at radius 1 is 0.455 bits per heavy atom. The normalized spacial score (nSPS) is 0. The SMILES string of the molecule is [Al+3].[O-2].[O-2].[O-2].[O-2].[O-2].[O-2].[O-2].[Ti+4].[Y+3].[Zr+4]. The van der Waals surface area contributed by atoms with Crippen LogP contribution in [0.2, 0.25) is 0 Å². The monoisotopic (exact) mass is 366 g/mol.